The molecule has 0 bridgehead atoms. The molecular formula is C16H9Cl3O3. The molecule has 0 saturated carbocycles. The molecule has 1 heterocycles. The van der Waals surface area contributed by atoms with Gasteiger partial charge in [0.05, 0.1) is 5.02 Å². The van der Waals surface area contributed by atoms with Crippen LogP contribution < -0.4 is 4.74 Å². The summed E-state index contributed by atoms with van der Waals surface area (Å²) in [6.45, 7) is 1.76. The molecule has 0 radical (unpaired) electrons. The van der Waals surface area contributed by atoms with E-state index in [-0.39, 0.29) is 16.5 Å². The first kappa shape index (κ1) is 15.2. The molecule has 0 unspecified atom stereocenters. The van der Waals surface area contributed by atoms with Crippen LogP contribution in [-0.4, -0.2) is 5.97 Å². The van der Waals surface area contributed by atoms with Crippen molar-refractivity contribution < 1.29 is 13.9 Å². The van der Waals surface area contributed by atoms with E-state index in [2.05, 4.69) is 0 Å². The van der Waals surface area contributed by atoms with Gasteiger partial charge in [0.25, 0.3) is 0 Å². The molecule has 0 fully saturated rings. The molecule has 0 atom stereocenters. The van der Waals surface area contributed by atoms with Crippen molar-refractivity contribution in [2.45, 2.75) is 6.92 Å². The normalized spacial score (nSPS) is 10.9. The molecule has 22 heavy (non-hydrogen) atoms. The zero-order chi connectivity index (χ0) is 15.9. The molecule has 112 valence electrons. The maximum atomic E-state index is 12.3. The van der Waals surface area contributed by atoms with Crippen molar-refractivity contribution in [2.24, 2.45) is 0 Å². The highest BCUT2D eigenvalue weighted by molar-refractivity contribution is 6.34. The number of furan rings is 1. The highest BCUT2D eigenvalue weighted by Gasteiger charge is 2.21. The van der Waals surface area contributed by atoms with E-state index in [1.807, 2.05) is 0 Å². The van der Waals surface area contributed by atoms with Crippen molar-refractivity contribution in [3.05, 3.63) is 62.8 Å². The molecule has 3 aromatic rings. The quantitative estimate of drug-likeness (QED) is 0.423. The number of esters is 1. The lowest BCUT2D eigenvalue weighted by Crippen LogP contribution is -2.09. The Morgan fingerprint density at radius 1 is 1.05 bits per heavy atom. The minimum absolute atomic E-state index is 0.105. The highest BCUT2D eigenvalue weighted by atomic mass is 35.5. The van der Waals surface area contributed by atoms with E-state index in [4.69, 9.17) is 44.0 Å². The predicted octanol–water partition coefficient (Wildman–Crippen LogP) is 5.92. The van der Waals surface area contributed by atoms with Crippen molar-refractivity contribution in [2.75, 3.05) is 0 Å². The maximum absolute atomic E-state index is 12.3. The fraction of sp³-hybridized carbons (Fsp3) is 0.0625. The van der Waals surface area contributed by atoms with Gasteiger partial charge in [0.15, 0.2) is 5.75 Å². The highest BCUT2D eigenvalue weighted by Crippen LogP contribution is 2.31. The average molecular weight is 356 g/mol. The second-order valence-electron chi connectivity index (χ2n) is 4.66. The van der Waals surface area contributed by atoms with Crippen LogP contribution >= 0.6 is 34.8 Å². The maximum Gasteiger partial charge on any atom is 0.379 e. The van der Waals surface area contributed by atoms with E-state index in [1.54, 1.807) is 37.3 Å². The molecular weight excluding hydrogens is 347 g/mol. The number of carbonyl (C=O) groups excluding carboxylic acids is 1. The van der Waals surface area contributed by atoms with Crippen LogP contribution in [0.5, 0.6) is 5.75 Å². The molecule has 0 spiro atoms. The fourth-order valence-corrected chi connectivity index (χ4v) is 2.58. The van der Waals surface area contributed by atoms with E-state index in [9.17, 15) is 4.79 Å². The minimum Gasteiger partial charge on any atom is -0.449 e. The molecule has 0 aliphatic heterocycles. The average Bonchev–Trinajstić information content (AvgIpc) is 2.80. The third kappa shape index (κ3) is 2.80. The minimum atomic E-state index is -0.644. The van der Waals surface area contributed by atoms with Gasteiger partial charge in [-0.15, -0.1) is 0 Å². The molecule has 0 aliphatic carbocycles. The second-order valence-corrected chi connectivity index (χ2v) is 5.94. The van der Waals surface area contributed by atoms with Crippen LogP contribution in [-0.2, 0) is 0 Å². The molecule has 0 N–H and O–H groups in total. The van der Waals surface area contributed by atoms with Crippen molar-refractivity contribution in [1.29, 1.82) is 0 Å². The van der Waals surface area contributed by atoms with Crippen molar-refractivity contribution in [3.63, 3.8) is 0 Å². The van der Waals surface area contributed by atoms with Gasteiger partial charge in [0.1, 0.15) is 5.58 Å². The Balaban J connectivity index is 1.99. The summed E-state index contributed by atoms with van der Waals surface area (Å²) >= 11 is 17.8. The monoisotopic (exact) mass is 354 g/mol. The summed E-state index contributed by atoms with van der Waals surface area (Å²) < 4.78 is 10.8. The van der Waals surface area contributed by atoms with Gasteiger partial charge < -0.3 is 9.15 Å². The Morgan fingerprint density at radius 2 is 1.73 bits per heavy atom. The van der Waals surface area contributed by atoms with E-state index in [0.29, 0.717) is 21.2 Å². The summed E-state index contributed by atoms with van der Waals surface area (Å²) in [4.78, 5) is 12.3. The lowest BCUT2D eigenvalue weighted by molar-refractivity contribution is 0.0703. The van der Waals surface area contributed by atoms with Gasteiger partial charge >= 0.3 is 5.97 Å². The Morgan fingerprint density at radius 3 is 2.50 bits per heavy atom. The van der Waals surface area contributed by atoms with Gasteiger partial charge in [0.2, 0.25) is 5.76 Å². The van der Waals surface area contributed by atoms with Crippen LogP contribution in [0.15, 0.2) is 40.8 Å². The first-order valence-corrected chi connectivity index (χ1v) is 7.45. The van der Waals surface area contributed by atoms with Gasteiger partial charge in [-0.1, -0.05) is 34.8 Å². The Bertz CT molecular complexity index is 884. The summed E-state index contributed by atoms with van der Waals surface area (Å²) in [6, 6.07) is 9.76. The van der Waals surface area contributed by atoms with Crippen LogP contribution in [0.4, 0.5) is 0 Å². The van der Waals surface area contributed by atoms with Crippen molar-refractivity contribution in [1.82, 2.24) is 0 Å². The molecule has 3 nitrogen and oxygen atoms in total. The smallest absolute Gasteiger partial charge is 0.379 e. The first-order valence-electron chi connectivity index (χ1n) is 6.31. The summed E-state index contributed by atoms with van der Waals surface area (Å²) in [5, 5.41) is 2.03. The van der Waals surface area contributed by atoms with E-state index < -0.39 is 5.97 Å². The second kappa shape index (κ2) is 5.84. The van der Waals surface area contributed by atoms with Gasteiger partial charge in [-0.2, -0.15) is 0 Å². The Hall–Kier alpha value is -1.68. The topological polar surface area (TPSA) is 39.4 Å². The molecule has 0 saturated heterocycles. The summed E-state index contributed by atoms with van der Waals surface area (Å²) in [5.74, 6) is -0.362. The van der Waals surface area contributed by atoms with Gasteiger partial charge in [0, 0.05) is 27.1 Å². The zero-order valence-corrected chi connectivity index (χ0v) is 13.6. The molecule has 6 heteroatoms. The Kier molecular flexibility index (Phi) is 4.04. The number of ether oxygens (including phenoxy) is 1. The third-order valence-corrected chi connectivity index (χ3v) is 3.96. The van der Waals surface area contributed by atoms with Gasteiger partial charge in [-0.3, -0.25) is 0 Å². The summed E-state index contributed by atoms with van der Waals surface area (Å²) in [5.41, 5.74) is 1.21. The van der Waals surface area contributed by atoms with Crippen LogP contribution in [0.2, 0.25) is 15.1 Å². The number of fused-ring (bicyclic) bond motifs is 1. The molecule has 0 amide bonds. The van der Waals surface area contributed by atoms with Crippen LogP contribution in [0, 0.1) is 6.92 Å². The number of carbonyl (C=O) groups is 1. The number of rotatable bonds is 2. The molecule has 0 aliphatic rings. The number of hydrogen-bond donors (Lipinski definition) is 0. The van der Waals surface area contributed by atoms with E-state index in [1.165, 1.54) is 6.07 Å². The molecule has 2 aromatic carbocycles. The van der Waals surface area contributed by atoms with Crippen molar-refractivity contribution >= 4 is 51.7 Å². The number of hydrogen-bond acceptors (Lipinski definition) is 3. The van der Waals surface area contributed by atoms with E-state index >= 15 is 0 Å². The third-order valence-electron chi connectivity index (χ3n) is 3.18. The van der Waals surface area contributed by atoms with Gasteiger partial charge in [-0.25, -0.2) is 4.79 Å². The first-order chi connectivity index (χ1) is 10.5. The van der Waals surface area contributed by atoms with Gasteiger partial charge in [-0.05, 0) is 37.3 Å². The standard InChI is InChI=1S/C16H9Cl3O3/c1-8-11-6-9(17)3-5-13(11)21-15(8)16(20)22-14-7-10(18)2-4-12(14)19/h2-7H,1H3. The number of aryl methyl sites for hydroxylation is 1. The van der Waals surface area contributed by atoms with Crippen LogP contribution in [0.25, 0.3) is 11.0 Å². The molecule has 3 rings (SSSR count). The summed E-state index contributed by atoms with van der Waals surface area (Å²) in [7, 11) is 0. The zero-order valence-electron chi connectivity index (χ0n) is 11.3. The van der Waals surface area contributed by atoms with E-state index in [0.717, 1.165) is 5.39 Å². The molecule has 1 aromatic heterocycles. The van der Waals surface area contributed by atoms with Crippen LogP contribution in [0.1, 0.15) is 16.1 Å². The Labute approximate surface area is 141 Å². The summed E-state index contributed by atoms with van der Waals surface area (Å²) in [6.07, 6.45) is 0. The lowest BCUT2D eigenvalue weighted by Gasteiger charge is -2.05. The van der Waals surface area contributed by atoms with Crippen LogP contribution in [0.3, 0.4) is 0 Å². The fourth-order valence-electron chi connectivity index (χ4n) is 2.09. The SMILES string of the molecule is Cc1c(C(=O)Oc2cc(Cl)ccc2Cl)oc2ccc(Cl)cc12. The number of halogens is 3. The largest absolute Gasteiger partial charge is 0.449 e. The van der Waals surface area contributed by atoms with Crippen molar-refractivity contribution in [3.8, 4) is 5.75 Å². The lowest BCUT2D eigenvalue weighted by atomic mass is 10.1. The predicted molar refractivity (Wildman–Crippen MR) is 87.4 cm³/mol. The number of benzene rings is 2.